The number of carbonyl (C=O) groups excluding carboxylic acids is 1. The Morgan fingerprint density at radius 2 is 1.73 bits per heavy atom. The van der Waals surface area contributed by atoms with E-state index >= 15 is 0 Å². The van der Waals surface area contributed by atoms with Crippen molar-refractivity contribution in [2.24, 2.45) is 0 Å². The van der Waals surface area contributed by atoms with E-state index in [2.05, 4.69) is 15.5 Å². The van der Waals surface area contributed by atoms with Gasteiger partial charge in [-0.3, -0.25) is 4.79 Å². The molecule has 0 atom stereocenters. The zero-order chi connectivity index (χ0) is 22.7. The van der Waals surface area contributed by atoms with Gasteiger partial charge in [0.2, 0.25) is 17.6 Å². The van der Waals surface area contributed by atoms with Gasteiger partial charge in [0.15, 0.2) is 6.61 Å². The standard InChI is InChI=1S/C26H29N3O4/c1-31-21-11-7-19(8-12-21)26(15-3-2-4-16-26)25(30)27-20-9-13-22(14-10-20)32-17-23-28-24(33-29-23)18-5-6-18/h7-14,18H,2-6,15-17H2,1H3,(H,27,30). The number of aromatic nitrogens is 2. The lowest BCUT2D eigenvalue weighted by atomic mass is 9.68. The van der Waals surface area contributed by atoms with E-state index in [1.165, 1.54) is 6.42 Å². The van der Waals surface area contributed by atoms with Crippen LogP contribution in [0.15, 0.2) is 53.1 Å². The lowest BCUT2D eigenvalue weighted by Crippen LogP contribution is -2.42. The normalized spacial score (nSPS) is 17.4. The second kappa shape index (κ2) is 9.25. The van der Waals surface area contributed by atoms with E-state index in [0.29, 0.717) is 23.4 Å². The molecule has 2 aromatic carbocycles. The quantitative estimate of drug-likeness (QED) is 0.499. The summed E-state index contributed by atoms with van der Waals surface area (Å²) in [6.07, 6.45) is 7.19. The molecule has 0 saturated heterocycles. The summed E-state index contributed by atoms with van der Waals surface area (Å²) in [4.78, 5) is 17.9. The number of nitrogens with one attached hydrogen (secondary N) is 1. The van der Waals surface area contributed by atoms with Crippen LogP contribution in [0, 0.1) is 0 Å². The number of ether oxygens (including phenoxy) is 2. The summed E-state index contributed by atoms with van der Waals surface area (Å²) in [5.74, 6) is 3.21. The van der Waals surface area contributed by atoms with Crippen LogP contribution >= 0.6 is 0 Å². The van der Waals surface area contributed by atoms with Crippen molar-refractivity contribution in [1.82, 2.24) is 10.1 Å². The second-order valence-corrected chi connectivity index (χ2v) is 8.96. The van der Waals surface area contributed by atoms with Crippen LogP contribution in [0.5, 0.6) is 11.5 Å². The fourth-order valence-electron chi connectivity index (χ4n) is 4.57. The molecule has 0 radical (unpaired) electrons. The molecule has 7 nitrogen and oxygen atoms in total. The van der Waals surface area contributed by atoms with Crippen molar-refractivity contribution in [2.45, 2.75) is 62.9 Å². The largest absolute Gasteiger partial charge is 0.497 e. The Morgan fingerprint density at radius 1 is 1.03 bits per heavy atom. The summed E-state index contributed by atoms with van der Waals surface area (Å²) in [6, 6.07) is 15.3. The zero-order valence-corrected chi connectivity index (χ0v) is 18.9. The summed E-state index contributed by atoms with van der Waals surface area (Å²) >= 11 is 0. The minimum Gasteiger partial charge on any atom is -0.497 e. The lowest BCUT2D eigenvalue weighted by Gasteiger charge is -2.36. The fraction of sp³-hybridized carbons (Fsp3) is 0.423. The maximum Gasteiger partial charge on any atom is 0.235 e. The van der Waals surface area contributed by atoms with E-state index in [9.17, 15) is 4.79 Å². The van der Waals surface area contributed by atoms with Gasteiger partial charge in [-0.2, -0.15) is 4.98 Å². The van der Waals surface area contributed by atoms with Crippen molar-refractivity contribution in [2.75, 3.05) is 12.4 Å². The van der Waals surface area contributed by atoms with Crippen LogP contribution in [0.2, 0.25) is 0 Å². The van der Waals surface area contributed by atoms with Gasteiger partial charge in [0.25, 0.3) is 0 Å². The van der Waals surface area contributed by atoms with E-state index in [0.717, 1.165) is 55.5 Å². The number of hydrogen-bond donors (Lipinski definition) is 1. The van der Waals surface area contributed by atoms with E-state index < -0.39 is 5.41 Å². The highest BCUT2D eigenvalue weighted by Gasteiger charge is 2.41. The van der Waals surface area contributed by atoms with E-state index in [1.807, 2.05) is 48.5 Å². The number of hydrogen-bond acceptors (Lipinski definition) is 6. The minimum absolute atomic E-state index is 0.0421. The topological polar surface area (TPSA) is 86.5 Å². The number of carbonyl (C=O) groups is 1. The molecule has 172 valence electrons. The van der Waals surface area contributed by atoms with Crippen molar-refractivity contribution >= 4 is 11.6 Å². The third-order valence-electron chi connectivity index (χ3n) is 6.67. The third-order valence-corrected chi connectivity index (χ3v) is 6.67. The molecule has 1 N–H and O–H groups in total. The van der Waals surface area contributed by atoms with Crippen LogP contribution in [-0.2, 0) is 16.8 Å². The minimum atomic E-state index is -0.516. The van der Waals surface area contributed by atoms with Crippen LogP contribution in [0.4, 0.5) is 5.69 Å². The zero-order valence-electron chi connectivity index (χ0n) is 18.9. The Labute approximate surface area is 193 Å². The molecule has 33 heavy (non-hydrogen) atoms. The molecule has 1 aromatic heterocycles. The van der Waals surface area contributed by atoms with E-state index in [-0.39, 0.29) is 12.5 Å². The van der Waals surface area contributed by atoms with Gasteiger partial charge in [-0.05, 0) is 67.6 Å². The van der Waals surface area contributed by atoms with Gasteiger partial charge in [-0.15, -0.1) is 0 Å². The number of amides is 1. The summed E-state index contributed by atoms with van der Waals surface area (Å²) in [6.45, 7) is 0.252. The molecule has 1 heterocycles. The Morgan fingerprint density at radius 3 is 2.39 bits per heavy atom. The van der Waals surface area contributed by atoms with Crippen LogP contribution in [-0.4, -0.2) is 23.2 Å². The van der Waals surface area contributed by atoms with E-state index in [1.54, 1.807) is 7.11 Å². The summed E-state index contributed by atoms with van der Waals surface area (Å²) in [5, 5.41) is 7.11. The highest BCUT2D eigenvalue weighted by molar-refractivity contribution is 5.99. The van der Waals surface area contributed by atoms with Gasteiger partial charge in [-0.1, -0.05) is 36.6 Å². The van der Waals surface area contributed by atoms with Crippen molar-refractivity contribution in [3.8, 4) is 11.5 Å². The van der Waals surface area contributed by atoms with Crippen molar-refractivity contribution in [3.05, 3.63) is 65.8 Å². The maximum atomic E-state index is 13.5. The number of rotatable bonds is 8. The molecule has 0 aliphatic heterocycles. The molecule has 5 rings (SSSR count). The molecule has 7 heteroatoms. The highest BCUT2D eigenvalue weighted by Crippen LogP contribution is 2.41. The van der Waals surface area contributed by atoms with Gasteiger partial charge >= 0.3 is 0 Å². The SMILES string of the molecule is COc1ccc(C2(C(=O)Nc3ccc(OCc4noc(C5CC5)n4)cc3)CCCCC2)cc1. The van der Waals surface area contributed by atoms with Gasteiger partial charge in [-0.25, -0.2) is 0 Å². The van der Waals surface area contributed by atoms with Gasteiger partial charge < -0.3 is 19.3 Å². The predicted octanol–water partition coefficient (Wildman–Crippen LogP) is 5.38. The van der Waals surface area contributed by atoms with Crippen molar-refractivity contribution in [3.63, 3.8) is 0 Å². The Hall–Kier alpha value is -3.35. The highest BCUT2D eigenvalue weighted by atomic mass is 16.5. The molecule has 0 bridgehead atoms. The second-order valence-electron chi connectivity index (χ2n) is 8.96. The first-order valence-corrected chi connectivity index (χ1v) is 11.7. The summed E-state index contributed by atoms with van der Waals surface area (Å²) in [7, 11) is 1.65. The number of methoxy groups -OCH3 is 1. The molecule has 2 aliphatic rings. The van der Waals surface area contributed by atoms with Crippen molar-refractivity contribution in [1.29, 1.82) is 0 Å². The molecule has 2 saturated carbocycles. The number of benzene rings is 2. The van der Waals surface area contributed by atoms with Crippen LogP contribution < -0.4 is 14.8 Å². The average Bonchev–Trinajstić information content (AvgIpc) is 3.61. The molecule has 0 unspecified atom stereocenters. The Kier molecular flexibility index (Phi) is 6.03. The third kappa shape index (κ3) is 4.72. The van der Waals surface area contributed by atoms with Gasteiger partial charge in [0.05, 0.1) is 12.5 Å². The Bertz CT molecular complexity index is 1080. The monoisotopic (exact) mass is 447 g/mol. The molecule has 2 fully saturated rings. The Balaban J connectivity index is 1.24. The smallest absolute Gasteiger partial charge is 0.235 e. The molecule has 2 aliphatic carbocycles. The lowest BCUT2D eigenvalue weighted by molar-refractivity contribution is -0.122. The fourth-order valence-corrected chi connectivity index (χ4v) is 4.57. The number of nitrogens with zero attached hydrogens (tertiary/aromatic N) is 2. The van der Waals surface area contributed by atoms with Crippen LogP contribution in [0.25, 0.3) is 0 Å². The van der Waals surface area contributed by atoms with Gasteiger partial charge in [0.1, 0.15) is 11.5 Å². The predicted molar refractivity (Wildman–Crippen MR) is 123 cm³/mol. The van der Waals surface area contributed by atoms with Crippen LogP contribution in [0.3, 0.4) is 0 Å². The molecular weight excluding hydrogens is 418 g/mol. The maximum absolute atomic E-state index is 13.5. The first kappa shape index (κ1) is 21.5. The van der Waals surface area contributed by atoms with E-state index in [4.69, 9.17) is 14.0 Å². The van der Waals surface area contributed by atoms with Crippen LogP contribution in [0.1, 0.15) is 68.1 Å². The van der Waals surface area contributed by atoms with Gasteiger partial charge in [0, 0.05) is 11.6 Å². The first-order valence-electron chi connectivity index (χ1n) is 11.7. The molecular formula is C26H29N3O4. The molecule has 1 amide bonds. The summed E-state index contributed by atoms with van der Waals surface area (Å²) in [5.41, 5.74) is 1.28. The average molecular weight is 448 g/mol. The first-order chi connectivity index (χ1) is 16.2. The summed E-state index contributed by atoms with van der Waals surface area (Å²) < 4.78 is 16.3. The molecule has 3 aromatic rings. The van der Waals surface area contributed by atoms with Crippen molar-refractivity contribution < 1.29 is 18.8 Å². The molecule has 0 spiro atoms. The number of anilines is 1.